The first-order valence-corrected chi connectivity index (χ1v) is 4.16. The van der Waals surface area contributed by atoms with Crippen LogP contribution in [0.15, 0.2) is 0 Å². The quantitative estimate of drug-likeness (QED) is 0.520. The van der Waals surface area contributed by atoms with E-state index in [0.29, 0.717) is 12.8 Å². The Kier molecular flexibility index (Phi) is 6.51. The molecule has 68 valence electrons. The minimum Gasteiger partial charge on any atom is -0.396 e. The van der Waals surface area contributed by atoms with E-state index in [0.717, 1.165) is 6.42 Å². The summed E-state index contributed by atoms with van der Waals surface area (Å²) in [6.07, 6.45) is 1.63. The Morgan fingerprint density at radius 3 is 2.18 bits per heavy atom. The molecule has 0 saturated heterocycles. The molecule has 0 aliphatic rings. The van der Waals surface area contributed by atoms with Gasteiger partial charge in [0.1, 0.15) is 0 Å². The molecular formula is C8H18O3. The van der Waals surface area contributed by atoms with E-state index in [4.69, 9.17) is 10.2 Å². The summed E-state index contributed by atoms with van der Waals surface area (Å²) in [5.74, 6) is -0.153. The number of rotatable bonds is 6. The van der Waals surface area contributed by atoms with Gasteiger partial charge in [0.2, 0.25) is 0 Å². The summed E-state index contributed by atoms with van der Waals surface area (Å²) < 4.78 is 0. The summed E-state index contributed by atoms with van der Waals surface area (Å²) in [6, 6.07) is 0. The molecule has 0 aliphatic carbocycles. The molecule has 0 aromatic rings. The maximum atomic E-state index is 9.37. The molecule has 0 aliphatic heterocycles. The van der Waals surface area contributed by atoms with Crippen LogP contribution in [0.1, 0.15) is 26.2 Å². The highest BCUT2D eigenvalue weighted by molar-refractivity contribution is 4.66. The standard InChI is InChI=1S/C8H18O3/c1-2-3-8(11)7(6-10)4-5-9/h7-11H,2-6H2,1H3. The molecule has 2 unspecified atom stereocenters. The van der Waals surface area contributed by atoms with Crippen molar-refractivity contribution in [2.75, 3.05) is 13.2 Å². The molecule has 0 aromatic carbocycles. The van der Waals surface area contributed by atoms with Gasteiger partial charge in [-0.25, -0.2) is 0 Å². The summed E-state index contributed by atoms with van der Waals surface area (Å²) in [7, 11) is 0. The van der Waals surface area contributed by atoms with Crippen LogP contribution in [0, 0.1) is 5.92 Å². The van der Waals surface area contributed by atoms with Crippen LogP contribution >= 0.6 is 0 Å². The summed E-state index contributed by atoms with van der Waals surface area (Å²) in [5.41, 5.74) is 0. The van der Waals surface area contributed by atoms with Gasteiger partial charge in [0.15, 0.2) is 0 Å². The van der Waals surface area contributed by atoms with E-state index < -0.39 is 6.10 Å². The van der Waals surface area contributed by atoms with Gasteiger partial charge in [-0.1, -0.05) is 13.3 Å². The van der Waals surface area contributed by atoms with E-state index >= 15 is 0 Å². The first kappa shape index (κ1) is 10.9. The fourth-order valence-corrected chi connectivity index (χ4v) is 1.10. The second kappa shape index (κ2) is 6.58. The molecular weight excluding hydrogens is 144 g/mol. The van der Waals surface area contributed by atoms with E-state index in [1.165, 1.54) is 0 Å². The predicted molar refractivity (Wildman–Crippen MR) is 43.2 cm³/mol. The molecule has 3 N–H and O–H groups in total. The first-order chi connectivity index (χ1) is 5.26. The van der Waals surface area contributed by atoms with Gasteiger partial charge in [0.25, 0.3) is 0 Å². The highest BCUT2D eigenvalue weighted by atomic mass is 16.3. The number of aliphatic hydroxyl groups excluding tert-OH is 3. The van der Waals surface area contributed by atoms with Gasteiger partial charge in [-0.15, -0.1) is 0 Å². The van der Waals surface area contributed by atoms with Gasteiger partial charge in [-0.05, 0) is 12.8 Å². The fourth-order valence-electron chi connectivity index (χ4n) is 1.10. The minimum absolute atomic E-state index is 0.0337. The SMILES string of the molecule is CCCC(O)C(CO)CCO. The molecule has 0 aromatic heterocycles. The largest absolute Gasteiger partial charge is 0.396 e. The zero-order valence-electron chi connectivity index (χ0n) is 7.03. The highest BCUT2D eigenvalue weighted by Gasteiger charge is 2.16. The van der Waals surface area contributed by atoms with Crippen molar-refractivity contribution in [2.24, 2.45) is 5.92 Å². The van der Waals surface area contributed by atoms with E-state index in [9.17, 15) is 5.11 Å². The zero-order chi connectivity index (χ0) is 8.69. The van der Waals surface area contributed by atoms with Crippen molar-refractivity contribution >= 4 is 0 Å². The fraction of sp³-hybridized carbons (Fsp3) is 1.00. The zero-order valence-corrected chi connectivity index (χ0v) is 7.03. The lowest BCUT2D eigenvalue weighted by molar-refractivity contribution is 0.0457. The topological polar surface area (TPSA) is 60.7 Å². The van der Waals surface area contributed by atoms with Gasteiger partial charge in [0, 0.05) is 19.1 Å². The van der Waals surface area contributed by atoms with Crippen molar-refractivity contribution in [3.05, 3.63) is 0 Å². The minimum atomic E-state index is -0.461. The average Bonchev–Trinajstić information content (AvgIpc) is 2.00. The van der Waals surface area contributed by atoms with Gasteiger partial charge in [0.05, 0.1) is 6.10 Å². The smallest absolute Gasteiger partial charge is 0.0591 e. The van der Waals surface area contributed by atoms with E-state index in [-0.39, 0.29) is 19.1 Å². The third-order valence-electron chi connectivity index (χ3n) is 1.86. The third kappa shape index (κ3) is 4.35. The van der Waals surface area contributed by atoms with E-state index in [2.05, 4.69) is 0 Å². The molecule has 0 saturated carbocycles. The van der Waals surface area contributed by atoms with Gasteiger partial charge in [-0.2, -0.15) is 0 Å². The normalized spacial score (nSPS) is 16.4. The molecule has 11 heavy (non-hydrogen) atoms. The molecule has 0 amide bonds. The lowest BCUT2D eigenvalue weighted by Gasteiger charge is -2.18. The monoisotopic (exact) mass is 162 g/mol. The van der Waals surface area contributed by atoms with Gasteiger partial charge in [-0.3, -0.25) is 0 Å². The van der Waals surface area contributed by atoms with Crippen LogP contribution < -0.4 is 0 Å². The summed E-state index contributed by atoms with van der Waals surface area (Å²) >= 11 is 0. The predicted octanol–water partition coefficient (Wildman–Crippen LogP) is 0.138. The van der Waals surface area contributed by atoms with Gasteiger partial charge < -0.3 is 15.3 Å². The molecule has 0 bridgehead atoms. The molecule has 0 fully saturated rings. The Labute approximate surface area is 67.7 Å². The number of hydrogen-bond donors (Lipinski definition) is 3. The van der Waals surface area contributed by atoms with Crippen molar-refractivity contribution in [3.8, 4) is 0 Å². The number of aliphatic hydroxyl groups is 3. The van der Waals surface area contributed by atoms with Crippen molar-refractivity contribution in [3.63, 3.8) is 0 Å². The second-order valence-corrected chi connectivity index (χ2v) is 2.81. The Hall–Kier alpha value is -0.120. The molecule has 0 heterocycles. The third-order valence-corrected chi connectivity index (χ3v) is 1.86. The first-order valence-electron chi connectivity index (χ1n) is 4.16. The van der Waals surface area contributed by atoms with Crippen LogP contribution in [0.4, 0.5) is 0 Å². The molecule has 3 nitrogen and oxygen atoms in total. The highest BCUT2D eigenvalue weighted by Crippen LogP contribution is 2.12. The van der Waals surface area contributed by atoms with E-state index in [1.54, 1.807) is 0 Å². The molecule has 0 spiro atoms. The van der Waals surface area contributed by atoms with Crippen LogP contribution in [-0.2, 0) is 0 Å². The van der Waals surface area contributed by atoms with Crippen LogP contribution in [0.2, 0.25) is 0 Å². The van der Waals surface area contributed by atoms with Crippen LogP contribution in [-0.4, -0.2) is 34.6 Å². The Morgan fingerprint density at radius 1 is 1.18 bits per heavy atom. The van der Waals surface area contributed by atoms with Crippen molar-refractivity contribution in [2.45, 2.75) is 32.3 Å². The van der Waals surface area contributed by atoms with Gasteiger partial charge >= 0.3 is 0 Å². The van der Waals surface area contributed by atoms with Crippen LogP contribution in [0.3, 0.4) is 0 Å². The summed E-state index contributed by atoms with van der Waals surface area (Å²) in [5, 5.41) is 26.7. The number of hydrogen-bond acceptors (Lipinski definition) is 3. The van der Waals surface area contributed by atoms with Crippen molar-refractivity contribution in [1.82, 2.24) is 0 Å². The van der Waals surface area contributed by atoms with Crippen molar-refractivity contribution < 1.29 is 15.3 Å². The second-order valence-electron chi connectivity index (χ2n) is 2.81. The molecule has 3 heteroatoms. The summed E-state index contributed by atoms with van der Waals surface area (Å²) in [6.45, 7) is 1.98. The average molecular weight is 162 g/mol. The maximum absolute atomic E-state index is 9.37. The Balaban J connectivity index is 3.61. The molecule has 2 atom stereocenters. The van der Waals surface area contributed by atoms with E-state index in [1.807, 2.05) is 6.92 Å². The Morgan fingerprint density at radius 2 is 1.82 bits per heavy atom. The van der Waals surface area contributed by atoms with Crippen molar-refractivity contribution in [1.29, 1.82) is 0 Å². The lowest BCUT2D eigenvalue weighted by atomic mass is 9.97. The van der Waals surface area contributed by atoms with Crippen LogP contribution in [0.5, 0.6) is 0 Å². The molecule has 0 radical (unpaired) electrons. The Bertz CT molecular complexity index is 85.4. The molecule has 0 rings (SSSR count). The summed E-state index contributed by atoms with van der Waals surface area (Å²) in [4.78, 5) is 0. The van der Waals surface area contributed by atoms with Crippen LogP contribution in [0.25, 0.3) is 0 Å². The maximum Gasteiger partial charge on any atom is 0.0591 e. The lowest BCUT2D eigenvalue weighted by Crippen LogP contribution is -2.24.